The van der Waals surface area contributed by atoms with Crippen molar-refractivity contribution in [3.63, 3.8) is 0 Å². The summed E-state index contributed by atoms with van der Waals surface area (Å²) in [6, 6.07) is 16.1. The lowest BCUT2D eigenvalue weighted by atomic mass is 10.1. The molecule has 1 aromatic heterocycles. The van der Waals surface area contributed by atoms with Gasteiger partial charge >= 0.3 is 0 Å². The summed E-state index contributed by atoms with van der Waals surface area (Å²) < 4.78 is 0. The smallest absolute Gasteiger partial charge is 0.150 e. The lowest BCUT2D eigenvalue weighted by Crippen LogP contribution is -2.09. The van der Waals surface area contributed by atoms with Gasteiger partial charge in [-0.3, -0.25) is 14.9 Å². The summed E-state index contributed by atoms with van der Waals surface area (Å²) in [7, 11) is 1.99. The molecule has 6 heteroatoms. The molecule has 0 saturated heterocycles. The number of aromatic nitrogens is 2. The van der Waals surface area contributed by atoms with E-state index in [1.54, 1.807) is 12.3 Å². The van der Waals surface area contributed by atoms with Crippen molar-refractivity contribution in [1.29, 1.82) is 0 Å². The van der Waals surface area contributed by atoms with E-state index in [0.717, 1.165) is 48.1 Å². The van der Waals surface area contributed by atoms with Crippen molar-refractivity contribution < 1.29 is 4.79 Å². The molecule has 0 saturated carbocycles. The number of H-pyrrole nitrogens is 1. The Kier molecular flexibility index (Phi) is 12.9. The van der Waals surface area contributed by atoms with E-state index in [4.69, 9.17) is 0 Å². The third-order valence-corrected chi connectivity index (χ3v) is 5.10. The van der Waals surface area contributed by atoms with Gasteiger partial charge in [0.2, 0.25) is 0 Å². The van der Waals surface area contributed by atoms with Gasteiger partial charge in [0.25, 0.3) is 0 Å². The standard InChI is InChI=1S/C14H11N3O.C10H15N.C4H11N/c18-9-10-3-4-13-12(8-10)14(17-16-13)11-2-1-6-15-7-5-11;1-11-9-5-8-10-6-3-2-4-7-10;1-3-5-4-2/h1-5,7-9H,6H2,(H,16,17);2-4,6-7,11H,5,8-9H2,1H3;5H,3-4H2,1-2H3. The molecule has 0 radical (unpaired) electrons. The van der Waals surface area contributed by atoms with E-state index in [2.05, 4.69) is 70.0 Å². The van der Waals surface area contributed by atoms with Gasteiger partial charge in [-0.2, -0.15) is 5.10 Å². The van der Waals surface area contributed by atoms with Crippen LogP contribution in [0.15, 0.2) is 71.8 Å². The van der Waals surface area contributed by atoms with Crippen LogP contribution in [0.1, 0.15) is 41.9 Å². The van der Waals surface area contributed by atoms with E-state index < -0.39 is 0 Å². The normalized spacial score (nSPS) is 12.1. The number of aryl methyl sites for hydroxylation is 1. The second-order valence-electron chi connectivity index (χ2n) is 7.68. The maximum Gasteiger partial charge on any atom is 0.150 e. The molecule has 1 aliphatic heterocycles. The third-order valence-electron chi connectivity index (χ3n) is 5.10. The number of hydrogen-bond donors (Lipinski definition) is 3. The summed E-state index contributed by atoms with van der Waals surface area (Å²) in [6.45, 7) is 8.18. The first-order chi connectivity index (χ1) is 16.7. The largest absolute Gasteiger partial charge is 0.320 e. The van der Waals surface area contributed by atoms with Crippen LogP contribution >= 0.6 is 0 Å². The van der Waals surface area contributed by atoms with Gasteiger partial charge in [0, 0.05) is 22.7 Å². The summed E-state index contributed by atoms with van der Waals surface area (Å²) in [5.74, 6) is 0. The number of nitrogens with zero attached hydrogens (tertiary/aromatic N) is 2. The second-order valence-corrected chi connectivity index (χ2v) is 7.68. The predicted molar refractivity (Wildman–Crippen MR) is 145 cm³/mol. The van der Waals surface area contributed by atoms with Crippen LogP contribution in [0.25, 0.3) is 16.5 Å². The lowest BCUT2D eigenvalue weighted by Gasteiger charge is -1.99. The quantitative estimate of drug-likeness (QED) is 0.332. The van der Waals surface area contributed by atoms with E-state index in [1.165, 1.54) is 18.4 Å². The van der Waals surface area contributed by atoms with Crippen LogP contribution in [0, 0.1) is 0 Å². The minimum atomic E-state index is 0.650. The molecular weight excluding hydrogens is 422 g/mol. The van der Waals surface area contributed by atoms with Gasteiger partial charge in [-0.15, -0.1) is 0 Å². The topological polar surface area (TPSA) is 82.2 Å². The Balaban J connectivity index is 0.000000218. The van der Waals surface area contributed by atoms with Crippen LogP contribution in [-0.4, -0.2) is 55.9 Å². The van der Waals surface area contributed by atoms with Crippen LogP contribution in [0.3, 0.4) is 0 Å². The van der Waals surface area contributed by atoms with Crippen molar-refractivity contribution in [1.82, 2.24) is 20.8 Å². The molecule has 6 nitrogen and oxygen atoms in total. The lowest BCUT2D eigenvalue weighted by molar-refractivity contribution is 0.112. The highest BCUT2D eigenvalue weighted by Gasteiger charge is 2.09. The van der Waals surface area contributed by atoms with E-state index in [9.17, 15) is 4.79 Å². The SMILES string of the molecule is CCNCC.CNCCCc1ccccc1.O=Cc1ccc2[nH]nc(C3=CC=NCC=C3)c2c1. The molecule has 0 amide bonds. The zero-order valence-corrected chi connectivity index (χ0v) is 20.6. The van der Waals surface area contributed by atoms with Crippen molar-refractivity contribution in [2.24, 2.45) is 4.99 Å². The first kappa shape index (κ1) is 26.9. The molecule has 0 spiro atoms. The van der Waals surface area contributed by atoms with Crippen LogP contribution in [-0.2, 0) is 6.42 Å². The maximum absolute atomic E-state index is 10.8. The Morgan fingerprint density at radius 1 is 1.09 bits per heavy atom. The summed E-state index contributed by atoms with van der Waals surface area (Å²) in [5, 5.41) is 14.5. The highest BCUT2D eigenvalue weighted by Crippen LogP contribution is 2.24. The number of carbonyl (C=O) groups is 1. The fourth-order valence-electron chi connectivity index (χ4n) is 3.34. The first-order valence-corrected chi connectivity index (χ1v) is 11.9. The highest BCUT2D eigenvalue weighted by molar-refractivity contribution is 5.99. The van der Waals surface area contributed by atoms with Gasteiger partial charge in [0.05, 0.1) is 17.8 Å². The maximum atomic E-state index is 10.8. The first-order valence-electron chi connectivity index (χ1n) is 11.9. The summed E-state index contributed by atoms with van der Waals surface area (Å²) in [4.78, 5) is 15.0. The Hall–Kier alpha value is -3.35. The number of aliphatic imine (C=N–C) groups is 1. The predicted octanol–water partition coefficient (Wildman–Crippen LogP) is 4.85. The van der Waals surface area contributed by atoms with Crippen molar-refractivity contribution in [3.05, 3.63) is 83.6 Å². The average molecular weight is 460 g/mol. The second kappa shape index (κ2) is 16.3. The van der Waals surface area contributed by atoms with E-state index in [-0.39, 0.29) is 0 Å². The fraction of sp³-hybridized carbons (Fsp3) is 0.321. The molecule has 2 heterocycles. The molecular formula is C28H37N5O. The van der Waals surface area contributed by atoms with Crippen molar-refractivity contribution in [3.8, 4) is 0 Å². The van der Waals surface area contributed by atoms with Crippen LogP contribution in [0.4, 0.5) is 0 Å². The number of allylic oxidation sites excluding steroid dienone is 3. The van der Waals surface area contributed by atoms with Crippen LogP contribution in [0.2, 0.25) is 0 Å². The molecule has 1 aliphatic rings. The molecule has 0 unspecified atom stereocenters. The Morgan fingerprint density at radius 2 is 1.88 bits per heavy atom. The monoisotopic (exact) mass is 459 g/mol. The van der Waals surface area contributed by atoms with Gasteiger partial charge in [0.1, 0.15) is 6.29 Å². The Morgan fingerprint density at radius 3 is 2.56 bits per heavy atom. The fourth-order valence-corrected chi connectivity index (χ4v) is 3.34. The molecule has 0 bridgehead atoms. The van der Waals surface area contributed by atoms with E-state index in [1.807, 2.05) is 37.4 Å². The van der Waals surface area contributed by atoms with Crippen molar-refractivity contribution >= 4 is 29.0 Å². The molecule has 4 rings (SSSR count). The van der Waals surface area contributed by atoms with Gasteiger partial charge in [-0.1, -0.05) is 56.3 Å². The van der Waals surface area contributed by atoms with E-state index in [0.29, 0.717) is 12.1 Å². The minimum absolute atomic E-state index is 0.650. The number of carbonyl (C=O) groups excluding carboxylic acids is 1. The van der Waals surface area contributed by atoms with Crippen LogP contribution < -0.4 is 10.6 Å². The number of aldehydes is 1. The summed E-state index contributed by atoms with van der Waals surface area (Å²) in [5.41, 5.74) is 4.84. The number of rotatable bonds is 8. The van der Waals surface area contributed by atoms with Gasteiger partial charge < -0.3 is 10.6 Å². The molecule has 0 fully saturated rings. The number of fused-ring (bicyclic) bond motifs is 1. The van der Waals surface area contributed by atoms with Gasteiger partial charge in [-0.05, 0) is 69.4 Å². The summed E-state index contributed by atoms with van der Waals surface area (Å²) >= 11 is 0. The number of hydrogen-bond acceptors (Lipinski definition) is 5. The van der Waals surface area contributed by atoms with Crippen LogP contribution in [0.5, 0.6) is 0 Å². The average Bonchev–Trinajstić information content (AvgIpc) is 3.11. The minimum Gasteiger partial charge on any atom is -0.320 e. The zero-order valence-electron chi connectivity index (χ0n) is 20.6. The molecule has 2 aromatic carbocycles. The third kappa shape index (κ3) is 9.25. The molecule has 3 N–H and O–H groups in total. The van der Waals surface area contributed by atoms with Gasteiger partial charge in [0.15, 0.2) is 0 Å². The molecule has 180 valence electrons. The Labute approximate surface area is 203 Å². The molecule has 0 aliphatic carbocycles. The summed E-state index contributed by atoms with van der Waals surface area (Å²) in [6.07, 6.45) is 10.9. The number of nitrogens with one attached hydrogen (secondary N) is 3. The zero-order chi connectivity index (χ0) is 24.4. The highest BCUT2D eigenvalue weighted by atomic mass is 16.1. The molecule has 3 aromatic rings. The molecule has 34 heavy (non-hydrogen) atoms. The van der Waals surface area contributed by atoms with E-state index >= 15 is 0 Å². The number of aromatic amines is 1. The van der Waals surface area contributed by atoms with Crippen molar-refractivity contribution in [2.75, 3.05) is 33.2 Å². The van der Waals surface area contributed by atoms with Gasteiger partial charge in [-0.25, -0.2) is 0 Å². The molecule has 0 atom stereocenters. The Bertz CT molecular complexity index is 1060. The van der Waals surface area contributed by atoms with Crippen molar-refractivity contribution in [2.45, 2.75) is 26.7 Å². The number of benzene rings is 2.